The van der Waals surface area contributed by atoms with E-state index in [4.69, 9.17) is 4.52 Å². The number of carbonyl (C=O) groups excluding carboxylic acids is 1. The highest BCUT2D eigenvalue weighted by molar-refractivity contribution is 5.92. The van der Waals surface area contributed by atoms with Crippen molar-refractivity contribution < 1.29 is 9.32 Å². The molecule has 1 aliphatic heterocycles. The summed E-state index contributed by atoms with van der Waals surface area (Å²) in [6, 6.07) is 17.1. The van der Waals surface area contributed by atoms with Crippen molar-refractivity contribution in [2.45, 2.75) is 18.8 Å². The van der Waals surface area contributed by atoms with Gasteiger partial charge in [-0.3, -0.25) is 4.79 Å². The summed E-state index contributed by atoms with van der Waals surface area (Å²) >= 11 is 0. The lowest BCUT2D eigenvalue weighted by Gasteiger charge is -2.29. The highest BCUT2D eigenvalue weighted by Gasteiger charge is 2.29. The summed E-state index contributed by atoms with van der Waals surface area (Å²) in [6.07, 6.45) is 1.51. The number of rotatable bonds is 3. The van der Waals surface area contributed by atoms with Gasteiger partial charge in [-0.2, -0.15) is 4.98 Å². The van der Waals surface area contributed by atoms with Crippen LogP contribution in [-0.2, 0) is 0 Å². The molecule has 2 aromatic carbocycles. The van der Waals surface area contributed by atoms with Crippen LogP contribution in [0.2, 0.25) is 0 Å². The molecule has 1 amide bonds. The number of para-hydroxylation sites is 1. The van der Waals surface area contributed by atoms with Crippen molar-refractivity contribution >= 4 is 16.9 Å². The SMILES string of the molecule is O=C(c1nnc2ccccc2n1)N1CCC(c2nc(-c3ccccc3)no2)CC1. The molecule has 5 rings (SSSR count). The zero-order valence-electron chi connectivity index (χ0n) is 15.6. The number of hydrogen-bond donors (Lipinski definition) is 0. The number of piperidine rings is 1. The Kier molecular flexibility index (Phi) is 4.44. The fourth-order valence-electron chi connectivity index (χ4n) is 3.55. The highest BCUT2D eigenvalue weighted by atomic mass is 16.5. The molecule has 0 radical (unpaired) electrons. The van der Waals surface area contributed by atoms with Crippen molar-refractivity contribution in [3.8, 4) is 11.4 Å². The van der Waals surface area contributed by atoms with Crippen LogP contribution in [-0.4, -0.2) is 49.2 Å². The lowest BCUT2D eigenvalue weighted by molar-refractivity contribution is 0.0691. The summed E-state index contributed by atoms with van der Waals surface area (Å²) in [4.78, 5) is 23.5. The second kappa shape index (κ2) is 7.38. The molecule has 2 aromatic heterocycles. The first-order valence-corrected chi connectivity index (χ1v) is 9.56. The molecule has 1 fully saturated rings. The molecule has 1 aliphatic rings. The molecular weight excluding hydrogens is 368 g/mol. The third-order valence-corrected chi connectivity index (χ3v) is 5.16. The van der Waals surface area contributed by atoms with E-state index in [2.05, 4.69) is 25.3 Å². The normalized spacial score (nSPS) is 15.0. The van der Waals surface area contributed by atoms with Gasteiger partial charge in [-0.05, 0) is 25.0 Å². The standard InChI is InChI=1S/C21H18N6O2/c28-21(19-22-16-8-4-5-9-17(16)24-25-19)27-12-10-15(11-13-27)20-23-18(26-29-20)14-6-2-1-3-7-14/h1-9,15H,10-13H2. The largest absolute Gasteiger partial charge is 0.339 e. The van der Waals surface area contributed by atoms with Crippen LogP contribution in [0.3, 0.4) is 0 Å². The number of aromatic nitrogens is 5. The van der Waals surface area contributed by atoms with Gasteiger partial charge in [0.1, 0.15) is 5.52 Å². The van der Waals surface area contributed by atoms with Crippen LogP contribution in [0, 0.1) is 0 Å². The Morgan fingerprint density at radius 1 is 0.897 bits per heavy atom. The van der Waals surface area contributed by atoms with Gasteiger partial charge in [-0.1, -0.05) is 47.6 Å². The fraction of sp³-hybridized carbons (Fsp3) is 0.238. The fourth-order valence-corrected chi connectivity index (χ4v) is 3.55. The van der Waals surface area contributed by atoms with Crippen molar-refractivity contribution in [3.05, 3.63) is 66.3 Å². The van der Waals surface area contributed by atoms with Crippen molar-refractivity contribution in [2.75, 3.05) is 13.1 Å². The van der Waals surface area contributed by atoms with E-state index in [1.54, 1.807) is 4.90 Å². The molecule has 0 aliphatic carbocycles. The molecule has 8 nitrogen and oxygen atoms in total. The minimum absolute atomic E-state index is 0.131. The summed E-state index contributed by atoms with van der Waals surface area (Å²) in [5.74, 6) is 1.29. The van der Waals surface area contributed by atoms with Gasteiger partial charge < -0.3 is 9.42 Å². The minimum atomic E-state index is -0.197. The maximum Gasteiger partial charge on any atom is 0.293 e. The third kappa shape index (κ3) is 3.44. The van der Waals surface area contributed by atoms with Crippen LogP contribution in [0.4, 0.5) is 0 Å². The first kappa shape index (κ1) is 17.4. The van der Waals surface area contributed by atoms with E-state index in [9.17, 15) is 4.79 Å². The van der Waals surface area contributed by atoms with Crippen molar-refractivity contribution in [2.24, 2.45) is 0 Å². The molecule has 29 heavy (non-hydrogen) atoms. The van der Waals surface area contributed by atoms with Crippen LogP contribution in [0.5, 0.6) is 0 Å². The zero-order chi connectivity index (χ0) is 19.6. The summed E-state index contributed by atoms with van der Waals surface area (Å²) < 4.78 is 5.49. The molecule has 0 N–H and O–H groups in total. The minimum Gasteiger partial charge on any atom is -0.339 e. The smallest absolute Gasteiger partial charge is 0.293 e. The molecule has 0 unspecified atom stereocenters. The second-order valence-corrected chi connectivity index (χ2v) is 7.01. The number of likely N-dealkylation sites (tertiary alicyclic amines) is 1. The van der Waals surface area contributed by atoms with Crippen molar-refractivity contribution in [1.29, 1.82) is 0 Å². The Hall–Kier alpha value is -3.68. The third-order valence-electron chi connectivity index (χ3n) is 5.16. The van der Waals surface area contributed by atoms with Gasteiger partial charge >= 0.3 is 0 Å². The Morgan fingerprint density at radius 2 is 1.62 bits per heavy atom. The van der Waals surface area contributed by atoms with E-state index in [0.717, 1.165) is 18.4 Å². The predicted octanol–water partition coefficient (Wildman–Crippen LogP) is 3.09. The van der Waals surface area contributed by atoms with Gasteiger partial charge in [0.25, 0.3) is 5.91 Å². The summed E-state index contributed by atoms with van der Waals surface area (Å²) in [7, 11) is 0. The molecule has 144 valence electrons. The van der Waals surface area contributed by atoms with Gasteiger partial charge in [0.05, 0.1) is 5.52 Å². The molecule has 0 bridgehead atoms. The van der Waals surface area contributed by atoms with Gasteiger partial charge in [-0.25, -0.2) is 4.98 Å². The summed E-state index contributed by atoms with van der Waals surface area (Å²) in [6.45, 7) is 1.17. The van der Waals surface area contributed by atoms with Crippen LogP contribution in [0.25, 0.3) is 22.4 Å². The molecule has 0 saturated carbocycles. The van der Waals surface area contributed by atoms with Gasteiger partial charge in [0.15, 0.2) is 0 Å². The zero-order valence-corrected chi connectivity index (χ0v) is 15.6. The monoisotopic (exact) mass is 386 g/mol. The lowest BCUT2D eigenvalue weighted by Crippen LogP contribution is -2.38. The van der Waals surface area contributed by atoms with Crippen LogP contribution in [0.1, 0.15) is 35.3 Å². The second-order valence-electron chi connectivity index (χ2n) is 7.01. The topological polar surface area (TPSA) is 97.9 Å². The Balaban J connectivity index is 1.26. The van der Waals surface area contributed by atoms with Crippen LogP contribution >= 0.6 is 0 Å². The van der Waals surface area contributed by atoms with Gasteiger partial charge in [0, 0.05) is 24.6 Å². The number of carbonyl (C=O) groups is 1. The Labute approximate surface area is 166 Å². The highest BCUT2D eigenvalue weighted by Crippen LogP contribution is 2.29. The molecule has 0 spiro atoms. The summed E-state index contributed by atoms with van der Waals surface area (Å²) in [5.41, 5.74) is 2.27. The average Bonchev–Trinajstić information content (AvgIpc) is 3.29. The van der Waals surface area contributed by atoms with E-state index in [-0.39, 0.29) is 17.6 Å². The van der Waals surface area contributed by atoms with Gasteiger partial charge in [-0.15, -0.1) is 10.2 Å². The van der Waals surface area contributed by atoms with Gasteiger partial charge in [0.2, 0.25) is 17.5 Å². The Morgan fingerprint density at radius 3 is 2.41 bits per heavy atom. The van der Waals surface area contributed by atoms with E-state index in [1.165, 1.54) is 0 Å². The predicted molar refractivity (Wildman–Crippen MR) is 105 cm³/mol. The summed E-state index contributed by atoms with van der Waals surface area (Å²) in [5, 5.41) is 12.2. The molecule has 0 atom stereocenters. The lowest BCUT2D eigenvalue weighted by atomic mass is 9.96. The van der Waals surface area contributed by atoms with E-state index < -0.39 is 0 Å². The number of benzene rings is 2. The van der Waals surface area contributed by atoms with E-state index >= 15 is 0 Å². The van der Waals surface area contributed by atoms with Crippen molar-refractivity contribution in [1.82, 2.24) is 30.2 Å². The Bertz CT molecular complexity index is 1150. The molecular formula is C21H18N6O2. The molecule has 8 heteroatoms. The van der Waals surface area contributed by atoms with E-state index in [1.807, 2.05) is 54.6 Å². The maximum absolute atomic E-state index is 12.8. The number of nitrogens with zero attached hydrogens (tertiary/aromatic N) is 6. The quantitative estimate of drug-likeness (QED) is 0.533. The van der Waals surface area contributed by atoms with E-state index in [0.29, 0.717) is 35.8 Å². The first-order chi connectivity index (χ1) is 14.3. The number of amides is 1. The number of fused-ring (bicyclic) bond motifs is 1. The van der Waals surface area contributed by atoms with Crippen molar-refractivity contribution in [3.63, 3.8) is 0 Å². The molecule has 1 saturated heterocycles. The number of hydrogen-bond acceptors (Lipinski definition) is 7. The molecule has 4 aromatic rings. The average molecular weight is 386 g/mol. The van der Waals surface area contributed by atoms with Crippen LogP contribution in [0.15, 0.2) is 59.1 Å². The first-order valence-electron chi connectivity index (χ1n) is 9.56. The maximum atomic E-state index is 12.8. The van der Waals surface area contributed by atoms with Crippen LogP contribution < -0.4 is 0 Å². The molecule has 3 heterocycles.